The number of alkyl halides is 6. The van der Waals surface area contributed by atoms with Crippen molar-refractivity contribution in [3.8, 4) is 0 Å². The molecular weight excluding hydrogens is 573 g/mol. The zero-order chi connectivity index (χ0) is 25.3. The number of imidazole rings is 2. The van der Waals surface area contributed by atoms with Crippen LogP contribution in [0, 0.1) is 0 Å². The lowest BCUT2D eigenvalue weighted by atomic mass is 10.2. The second-order valence-corrected chi connectivity index (χ2v) is 11.1. The maximum atomic E-state index is 11.5. The molecule has 180 valence electrons. The number of halogens is 6. The third-order valence-electron chi connectivity index (χ3n) is 4.37. The Morgan fingerprint density at radius 2 is 1.06 bits per heavy atom. The van der Waals surface area contributed by atoms with E-state index in [4.69, 9.17) is 69.6 Å². The number of aromatic nitrogens is 4. The predicted octanol–water partition coefficient (Wildman–Crippen LogP) is 6.35. The van der Waals surface area contributed by atoms with Crippen LogP contribution in [0.5, 0.6) is 0 Å². The number of H-pyrrole nitrogens is 2. The first-order valence-corrected chi connectivity index (χ1v) is 11.4. The van der Waals surface area contributed by atoms with Gasteiger partial charge in [0.1, 0.15) is 11.0 Å². The minimum absolute atomic E-state index is 0.161. The van der Waals surface area contributed by atoms with Crippen LogP contribution in [0.3, 0.4) is 0 Å². The molecule has 0 fully saturated rings. The van der Waals surface area contributed by atoms with Gasteiger partial charge in [-0.1, -0.05) is 81.7 Å². The lowest BCUT2D eigenvalue weighted by Gasteiger charge is -2.04. The smallest absolute Gasteiger partial charge is 0.340 e. The number of methoxy groups -OCH3 is 2. The highest BCUT2D eigenvalue weighted by atomic mass is 35.6. The van der Waals surface area contributed by atoms with Gasteiger partial charge in [-0.2, -0.15) is 0 Å². The number of benzene rings is 2. The fourth-order valence-electron chi connectivity index (χ4n) is 2.88. The molecule has 0 saturated heterocycles. The highest BCUT2D eigenvalue weighted by molar-refractivity contribution is 6.67. The maximum absolute atomic E-state index is 11.5. The molecule has 2 heterocycles. The Balaban J connectivity index is 0.000000191. The van der Waals surface area contributed by atoms with Crippen LogP contribution < -0.4 is 0 Å². The summed E-state index contributed by atoms with van der Waals surface area (Å²) in [7, 11) is 2.59. The van der Waals surface area contributed by atoms with E-state index in [-0.39, 0.29) is 11.6 Å². The molecule has 4 rings (SSSR count). The number of rotatable bonds is 2. The number of ether oxygens (including phenoxy) is 2. The second-order valence-electron chi connectivity index (χ2n) is 6.55. The van der Waals surface area contributed by atoms with Gasteiger partial charge in [-0.3, -0.25) is 0 Å². The van der Waals surface area contributed by atoms with Gasteiger partial charge in [-0.05, 0) is 24.3 Å². The highest BCUT2D eigenvalue weighted by Gasteiger charge is 2.29. The van der Waals surface area contributed by atoms with E-state index in [1.54, 1.807) is 36.4 Å². The number of carbonyl (C=O) groups excluding carboxylic acids is 2. The van der Waals surface area contributed by atoms with Crippen LogP contribution in [0.15, 0.2) is 36.4 Å². The summed E-state index contributed by atoms with van der Waals surface area (Å²) in [6.45, 7) is 0. The number of aromatic amines is 2. The van der Waals surface area contributed by atoms with Crippen molar-refractivity contribution in [2.45, 2.75) is 7.59 Å². The van der Waals surface area contributed by atoms with Crippen LogP contribution >= 0.6 is 69.6 Å². The number of hydrogen-bond donors (Lipinski definition) is 2. The van der Waals surface area contributed by atoms with Gasteiger partial charge >= 0.3 is 11.9 Å². The molecule has 0 bridgehead atoms. The Bertz CT molecular complexity index is 1250. The molecule has 4 aromatic rings. The number of nitrogens with one attached hydrogen (secondary N) is 2. The molecule has 0 radical (unpaired) electrons. The van der Waals surface area contributed by atoms with Crippen molar-refractivity contribution in [3.05, 3.63) is 59.2 Å². The number of esters is 2. The molecule has 0 amide bonds. The third-order valence-corrected chi connectivity index (χ3v) is 5.45. The van der Waals surface area contributed by atoms with E-state index >= 15 is 0 Å². The number of fused-ring (bicyclic) bond motifs is 2. The molecule has 0 aliphatic rings. The second kappa shape index (κ2) is 10.4. The molecule has 2 aromatic heterocycles. The van der Waals surface area contributed by atoms with Gasteiger partial charge in [-0.25, -0.2) is 19.6 Å². The summed E-state index contributed by atoms with van der Waals surface area (Å²) in [4.78, 5) is 36.9. The number of hydrogen-bond acceptors (Lipinski definition) is 6. The van der Waals surface area contributed by atoms with E-state index in [0.29, 0.717) is 33.2 Å². The zero-order valence-corrected chi connectivity index (χ0v) is 21.8. The summed E-state index contributed by atoms with van der Waals surface area (Å²) < 4.78 is 5.97. The molecular formula is C20H14Cl6N4O4. The number of para-hydroxylation sites is 2. The van der Waals surface area contributed by atoms with Crippen LogP contribution in [-0.2, 0) is 17.1 Å². The monoisotopic (exact) mass is 584 g/mol. The fraction of sp³-hybridized carbons (Fsp3) is 0.200. The van der Waals surface area contributed by atoms with Crippen LogP contribution in [0.25, 0.3) is 22.1 Å². The van der Waals surface area contributed by atoms with Crippen LogP contribution in [0.4, 0.5) is 0 Å². The first-order valence-electron chi connectivity index (χ1n) is 9.15. The fourth-order valence-corrected chi connectivity index (χ4v) is 3.42. The standard InChI is InChI=1S/2C10H7Cl3N2O2/c2*1-17-8(16)5-3-2-4-6-7(5)15-9(14-6)10(11,12)13/h2*2-4H,1H3,(H,14,15). The van der Waals surface area contributed by atoms with Gasteiger partial charge in [0.15, 0.2) is 11.6 Å². The van der Waals surface area contributed by atoms with Crippen molar-refractivity contribution < 1.29 is 19.1 Å². The van der Waals surface area contributed by atoms with Crippen LogP contribution in [-0.4, -0.2) is 46.1 Å². The molecule has 0 aliphatic carbocycles. The lowest BCUT2D eigenvalue weighted by molar-refractivity contribution is 0.0594. The molecule has 0 aliphatic heterocycles. The van der Waals surface area contributed by atoms with Gasteiger partial charge in [0.05, 0.1) is 36.4 Å². The largest absolute Gasteiger partial charge is 0.465 e. The lowest BCUT2D eigenvalue weighted by Crippen LogP contribution is -2.03. The molecule has 2 N–H and O–H groups in total. The Kier molecular flexibility index (Phi) is 8.12. The maximum Gasteiger partial charge on any atom is 0.340 e. The van der Waals surface area contributed by atoms with Crippen molar-refractivity contribution in [2.24, 2.45) is 0 Å². The summed E-state index contributed by atoms with van der Waals surface area (Å²) in [5, 5.41) is 0. The van der Waals surface area contributed by atoms with Gasteiger partial charge in [-0.15, -0.1) is 0 Å². The Morgan fingerprint density at radius 3 is 1.35 bits per heavy atom. The molecule has 2 aromatic carbocycles. The van der Waals surface area contributed by atoms with E-state index in [1.807, 2.05) is 0 Å². The summed E-state index contributed by atoms with van der Waals surface area (Å²) in [5.41, 5.74) is 2.69. The SMILES string of the molecule is COC(=O)c1cccc2[nH]c(C(Cl)(Cl)Cl)nc12.COC(=O)c1cccc2[nH]c(C(Cl)(Cl)Cl)nc12. The molecule has 0 unspecified atom stereocenters. The van der Waals surface area contributed by atoms with Gasteiger partial charge in [0.25, 0.3) is 0 Å². The highest BCUT2D eigenvalue weighted by Crippen LogP contribution is 2.38. The van der Waals surface area contributed by atoms with E-state index in [9.17, 15) is 9.59 Å². The average molecular weight is 587 g/mol. The zero-order valence-electron chi connectivity index (χ0n) is 17.3. The van der Waals surface area contributed by atoms with Crippen molar-refractivity contribution in [1.29, 1.82) is 0 Å². The Morgan fingerprint density at radius 1 is 0.706 bits per heavy atom. The third kappa shape index (κ3) is 5.82. The van der Waals surface area contributed by atoms with Crippen LogP contribution in [0.1, 0.15) is 32.4 Å². The molecule has 8 nitrogen and oxygen atoms in total. The van der Waals surface area contributed by atoms with Crippen LogP contribution in [0.2, 0.25) is 0 Å². The average Bonchev–Trinajstić information content (AvgIpc) is 3.42. The quantitative estimate of drug-likeness (QED) is 0.209. The molecule has 14 heteroatoms. The molecule has 0 saturated carbocycles. The van der Waals surface area contributed by atoms with E-state index in [2.05, 4.69) is 29.4 Å². The van der Waals surface area contributed by atoms with Crippen molar-refractivity contribution in [3.63, 3.8) is 0 Å². The molecule has 0 atom stereocenters. The van der Waals surface area contributed by atoms with E-state index in [0.717, 1.165) is 0 Å². The number of carbonyl (C=O) groups is 2. The van der Waals surface area contributed by atoms with Crippen molar-refractivity contribution >= 4 is 104 Å². The summed E-state index contributed by atoms with van der Waals surface area (Å²) in [6.07, 6.45) is 0. The first kappa shape index (κ1) is 26.7. The topological polar surface area (TPSA) is 110 Å². The first-order chi connectivity index (χ1) is 15.9. The number of nitrogens with zero attached hydrogens (tertiary/aromatic N) is 2. The van der Waals surface area contributed by atoms with E-state index < -0.39 is 19.5 Å². The van der Waals surface area contributed by atoms with Gasteiger partial charge in [0, 0.05) is 0 Å². The summed E-state index contributed by atoms with van der Waals surface area (Å²) >= 11 is 34.3. The summed E-state index contributed by atoms with van der Waals surface area (Å²) in [6, 6.07) is 10.0. The molecule has 0 spiro atoms. The van der Waals surface area contributed by atoms with Crippen molar-refractivity contribution in [1.82, 2.24) is 19.9 Å². The minimum atomic E-state index is -1.66. The summed E-state index contributed by atoms with van der Waals surface area (Å²) in [5.74, 6) is -0.654. The van der Waals surface area contributed by atoms with Crippen molar-refractivity contribution in [2.75, 3.05) is 14.2 Å². The normalized spacial score (nSPS) is 11.8. The minimum Gasteiger partial charge on any atom is -0.465 e. The Hall–Kier alpha value is -1.94. The van der Waals surface area contributed by atoms with E-state index in [1.165, 1.54) is 14.2 Å². The predicted molar refractivity (Wildman–Crippen MR) is 133 cm³/mol. The molecule has 34 heavy (non-hydrogen) atoms. The van der Waals surface area contributed by atoms with Gasteiger partial charge in [0.2, 0.25) is 7.59 Å². The van der Waals surface area contributed by atoms with Gasteiger partial charge < -0.3 is 19.4 Å². The Labute approximate surface area is 222 Å².